The SMILES string of the molecule is CCO/N=C(\C(=O)NC1(C=S)C(=O)N2C(C(=O)O)=C(C3=NC(N)=CC(N)N3c3ccccc3)CS[C@H]21)c1csc(N)n1. The first-order valence-corrected chi connectivity index (χ1v) is 14.8. The molecule has 218 valence electrons. The van der Waals surface area contributed by atoms with Gasteiger partial charge in [0.25, 0.3) is 11.8 Å². The molecular weight excluding hydrogens is 603 g/mol. The van der Waals surface area contributed by atoms with Crippen molar-refractivity contribution in [1.82, 2.24) is 15.2 Å². The summed E-state index contributed by atoms with van der Waals surface area (Å²) in [5.74, 6) is -2.54. The number of aromatic nitrogens is 1. The number of benzene rings is 1. The van der Waals surface area contributed by atoms with Gasteiger partial charge in [0, 0.05) is 27.8 Å². The molecule has 1 aromatic heterocycles. The van der Waals surface area contributed by atoms with Crippen molar-refractivity contribution in [1.29, 1.82) is 0 Å². The molecule has 4 heterocycles. The van der Waals surface area contributed by atoms with E-state index in [2.05, 4.69) is 20.4 Å². The first kappa shape index (κ1) is 29.2. The topological polar surface area (TPSA) is 215 Å². The highest BCUT2D eigenvalue weighted by molar-refractivity contribution is 8.00. The van der Waals surface area contributed by atoms with E-state index in [9.17, 15) is 19.5 Å². The molecule has 3 aliphatic rings. The van der Waals surface area contributed by atoms with Gasteiger partial charge in [0.05, 0.1) is 0 Å². The molecule has 1 fully saturated rings. The first-order valence-electron chi connectivity index (χ1n) is 12.4. The molecule has 42 heavy (non-hydrogen) atoms. The number of β-lactam (4-membered cyclic amide) rings is 1. The Labute approximate surface area is 252 Å². The van der Waals surface area contributed by atoms with Crippen LogP contribution in [0.1, 0.15) is 12.6 Å². The lowest BCUT2D eigenvalue weighted by Gasteiger charge is -2.55. The van der Waals surface area contributed by atoms with Gasteiger partial charge in [-0.15, -0.1) is 23.1 Å². The van der Waals surface area contributed by atoms with E-state index in [4.69, 9.17) is 34.3 Å². The van der Waals surface area contributed by atoms with Crippen molar-refractivity contribution in [3.8, 4) is 0 Å². The van der Waals surface area contributed by atoms with Crippen LogP contribution in [0.3, 0.4) is 0 Å². The molecule has 2 unspecified atom stereocenters. The molecule has 0 radical (unpaired) electrons. The van der Waals surface area contributed by atoms with Crippen molar-refractivity contribution in [3.63, 3.8) is 0 Å². The van der Waals surface area contributed by atoms with Crippen LogP contribution in [0.15, 0.2) is 69.0 Å². The van der Waals surface area contributed by atoms with Crippen LogP contribution in [-0.2, 0) is 19.2 Å². The number of carboxylic acids is 1. The number of nitrogens with two attached hydrogens (primary N) is 3. The number of thioether (sulfide) groups is 1. The summed E-state index contributed by atoms with van der Waals surface area (Å²) in [6, 6.07) is 9.03. The lowest BCUT2D eigenvalue weighted by Crippen LogP contribution is -2.81. The van der Waals surface area contributed by atoms with Crippen molar-refractivity contribution in [2.24, 2.45) is 21.6 Å². The second-order valence-electron chi connectivity index (χ2n) is 9.06. The van der Waals surface area contributed by atoms with Crippen LogP contribution < -0.4 is 27.4 Å². The second-order valence-corrected chi connectivity index (χ2v) is 11.3. The number of carbonyl (C=O) groups is 3. The van der Waals surface area contributed by atoms with E-state index < -0.39 is 34.9 Å². The Morgan fingerprint density at radius 2 is 2.05 bits per heavy atom. The van der Waals surface area contributed by atoms with Gasteiger partial charge in [0.15, 0.2) is 16.4 Å². The Balaban J connectivity index is 1.52. The number of aliphatic imine (C=N–C) groups is 1. The van der Waals surface area contributed by atoms with Gasteiger partial charge >= 0.3 is 5.97 Å². The van der Waals surface area contributed by atoms with Crippen LogP contribution in [0.4, 0.5) is 10.8 Å². The number of amidine groups is 1. The van der Waals surface area contributed by atoms with Crippen molar-refractivity contribution in [2.75, 3.05) is 23.0 Å². The van der Waals surface area contributed by atoms with Crippen LogP contribution >= 0.6 is 35.3 Å². The van der Waals surface area contributed by atoms with Gasteiger partial charge in [-0.1, -0.05) is 35.6 Å². The average molecular weight is 628 g/mol. The predicted molar refractivity (Wildman–Crippen MR) is 164 cm³/mol. The highest BCUT2D eigenvalue weighted by Gasteiger charge is 2.65. The predicted octanol–water partition coefficient (Wildman–Crippen LogP) is 0.578. The zero-order valence-corrected chi connectivity index (χ0v) is 24.4. The maximum Gasteiger partial charge on any atom is 0.353 e. The number of nitrogen functional groups attached to an aromatic ring is 1. The number of hydrogen-bond acceptors (Lipinski definition) is 14. The maximum absolute atomic E-state index is 13.8. The zero-order valence-electron chi connectivity index (χ0n) is 22.0. The van der Waals surface area contributed by atoms with E-state index in [1.54, 1.807) is 36.1 Å². The fraction of sp³-hybridized carbons (Fsp3) is 0.240. The van der Waals surface area contributed by atoms with E-state index in [1.165, 1.54) is 23.2 Å². The van der Waals surface area contributed by atoms with Crippen LogP contribution in [0.2, 0.25) is 0 Å². The minimum absolute atomic E-state index is 0.0849. The van der Waals surface area contributed by atoms with Crippen LogP contribution in [-0.4, -0.2) is 79.1 Å². The van der Waals surface area contributed by atoms with Crippen LogP contribution in [0.5, 0.6) is 0 Å². The van der Waals surface area contributed by atoms with Gasteiger partial charge in [-0.3, -0.25) is 14.5 Å². The number of oxime groups is 1. The summed E-state index contributed by atoms with van der Waals surface area (Å²) in [6.45, 7) is 1.85. The number of thiocarbonyl (C=S) groups is 1. The second kappa shape index (κ2) is 11.5. The van der Waals surface area contributed by atoms with E-state index in [-0.39, 0.29) is 51.8 Å². The number of fused-ring (bicyclic) bond motifs is 1. The smallest absolute Gasteiger partial charge is 0.353 e. The molecule has 0 aliphatic carbocycles. The van der Waals surface area contributed by atoms with Gasteiger partial charge in [-0.05, 0) is 25.1 Å². The molecular formula is C25H25N9O5S3. The van der Waals surface area contributed by atoms with Gasteiger partial charge < -0.3 is 37.4 Å². The number of carbonyl (C=O) groups excluding carboxylic acids is 2. The molecule has 17 heteroatoms. The number of nitrogens with zero attached hydrogens (tertiary/aromatic N) is 5. The number of hydrogen-bond donors (Lipinski definition) is 5. The Hall–Kier alpha value is -4.32. The molecule has 0 spiro atoms. The fourth-order valence-corrected chi connectivity index (χ4v) is 7.04. The van der Waals surface area contributed by atoms with E-state index in [1.807, 2.05) is 6.07 Å². The summed E-state index contributed by atoms with van der Waals surface area (Å²) >= 11 is 7.52. The number of amides is 2. The van der Waals surface area contributed by atoms with E-state index in [0.29, 0.717) is 5.69 Å². The summed E-state index contributed by atoms with van der Waals surface area (Å²) in [6.07, 6.45) is 0.786. The van der Waals surface area contributed by atoms with Crippen molar-refractivity contribution in [2.45, 2.75) is 24.0 Å². The Morgan fingerprint density at radius 3 is 2.67 bits per heavy atom. The van der Waals surface area contributed by atoms with Crippen molar-refractivity contribution in [3.05, 3.63) is 64.6 Å². The number of carboxylic acid groups (broad SMARTS) is 1. The lowest BCUT2D eigenvalue weighted by molar-refractivity contribution is -0.153. The third-order valence-electron chi connectivity index (χ3n) is 6.49. The average Bonchev–Trinajstić information content (AvgIpc) is 3.40. The molecule has 3 aliphatic heterocycles. The number of thiazole rings is 1. The highest BCUT2D eigenvalue weighted by Crippen LogP contribution is 2.46. The molecule has 1 aromatic carbocycles. The van der Waals surface area contributed by atoms with Gasteiger partial charge in [-0.2, -0.15) is 0 Å². The molecule has 8 N–H and O–H groups in total. The number of anilines is 2. The largest absolute Gasteiger partial charge is 0.477 e. The summed E-state index contributed by atoms with van der Waals surface area (Å²) in [7, 11) is 0. The summed E-state index contributed by atoms with van der Waals surface area (Å²) in [5, 5.41) is 18.8. The standard InChI is InChI=1S/C25H25N9O5S3/c1-2-39-32-17(14-10-42-24(28)29-14)20(35)31-25(11-40)22(38)34-18(21(36)37)13(9-41-23(25)34)19-30-15(26)8-16(27)33(19)12-6-4-3-5-7-12/h3-8,10-11,16,23H,2,9,26-27H2,1H3,(H2,28,29)(H,31,35)(H,36,37)/b32-17-/t16?,23-,25?/m0/s1. The molecule has 0 bridgehead atoms. The third-order valence-corrected chi connectivity index (χ3v) is 8.89. The highest BCUT2D eigenvalue weighted by atomic mass is 32.2. The first-order chi connectivity index (χ1) is 20.1. The molecule has 3 atom stereocenters. The number of para-hydroxylation sites is 1. The molecule has 1 saturated heterocycles. The van der Waals surface area contributed by atoms with Crippen LogP contribution in [0, 0.1) is 0 Å². The fourth-order valence-electron chi connectivity index (χ4n) is 4.68. The molecule has 0 saturated carbocycles. The maximum atomic E-state index is 13.8. The van der Waals surface area contributed by atoms with Crippen molar-refractivity contribution >= 4 is 80.8 Å². The monoisotopic (exact) mass is 627 g/mol. The molecule has 2 amide bonds. The van der Waals surface area contributed by atoms with E-state index >= 15 is 0 Å². The number of nitrogens with one attached hydrogen (secondary N) is 1. The summed E-state index contributed by atoms with van der Waals surface area (Å²) < 4.78 is 0. The number of rotatable bonds is 9. The molecule has 14 nitrogen and oxygen atoms in total. The quantitative estimate of drug-likeness (QED) is 0.112. The lowest BCUT2D eigenvalue weighted by atomic mass is 9.87. The minimum atomic E-state index is -1.72. The number of aliphatic carboxylic acids is 1. The summed E-state index contributed by atoms with van der Waals surface area (Å²) in [5.41, 5.74) is 16.9. The normalized spacial score (nSPS) is 23.9. The molecule has 5 rings (SSSR count). The van der Waals surface area contributed by atoms with Gasteiger partial charge in [-0.25, -0.2) is 14.8 Å². The third kappa shape index (κ3) is 4.89. The van der Waals surface area contributed by atoms with Crippen LogP contribution in [0.25, 0.3) is 0 Å². The Morgan fingerprint density at radius 1 is 1.31 bits per heavy atom. The Kier molecular flexibility index (Phi) is 8.00. The zero-order chi connectivity index (χ0) is 30.2. The minimum Gasteiger partial charge on any atom is -0.477 e. The van der Waals surface area contributed by atoms with Crippen molar-refractivity contribution < 1.29 is 24.3 Å². The molecule has 2 aromatic rings. The Bertz CT molecular complexity index is 1590. The van der Waals surface area contributed by atoms with Gasteiger partial charge in [0.2, 0.25) is 0 Å². The van der Waals surface area contributed by atoms with E-state index in [0.717, 1.165) is 21.6 Å². The van der Waals surface area contributed by atoms with Gasteiger partial charge in [0.1, 0.15) is 41.2 Å². The summed E-state index contributed by atoms with van der Waals surface area (Å²) in [4.78, 5) is 56.2.